The number of fused-ring (bicyclic) bond motifs is 5. The Morgan fingerprint density at radius 2 is 1.70 bits per heavy atom. The first-order valence-corrected chi connectivity index (χ1v) is 16.1. The van der Waals surface area contributed by atoms with E-state index in [-0.39, 0.29) is 30.8 Å². The molecule has 0 amide bonds. The Kier molecular flexibility index (Phi) is 9.77. The lowest BCUT2D eigenvalue weighted by Crippen LogP contribution is -2.56. The van der Waals surface area contributed by atoms with Gasteiger partial charge >= 0.3 is 17.9 Å². The molecule has 3 fully saturated rings. The van der Waals surface area contributed by atoms with Crippen LogP contribution in [-0.2, 0) is 23.9 Å². The number of hydrogen-bond acceptors (Lipinski definition) is 5. The molecule has 0 aromatic rings. The van der Waals surface area contributed by atoms with Crippen molar-refractivity contribution in [3.63, 3.8) is 0 Å². The molecule has 6 nitrogen and oxygen atoms in total. The topological polar surface area (TPSA) is 89.9 Å². The van der Waals surface area contributed by atoms with Gasteiger partial charge in [0.05, 0.1) is 0 Å². The SMILES string of the molecule is CC(C)CCCCC1CCC2C1(C)CCC1C3(C)CCC(OC(=O)COC(=O)CCCC(=O)O)CC3=CCC12C. The van der Waals surface area contributed by atoms with E-state index in [4.69, 9.17) is 14.6 Å². The second-order valence-electron chi connectivity index (χ2n) is 14.7. The minimum atomic E-state index is -0.948. The Bertz CT molecular complexity index is 969. The van der Waals surface area contributed by atoms with Gasteiger partial charge in [-0.2, -0.15) is 0 Å². The summed E-state index contributed by atoms with van der Waals surface area (Å²) in [5, 5.41) is 8.69. The lowest BCUT2D eigenvalue weighted by molar-refractivity contribution is -0.164. The summed E-state index contributed by atoms with van der Waals surface area (Å²) in [6, 6.07) is 0. The number of ether oxygens (including phenoxy) is 2. The molecule has 7 unspecified atom stereocenters. The maximum Gasteiger partial charge on any atom is 0.344 e. The van der Waals surface area contributed by atoms with Gasteiger partial charge in [0.2, 0.25) is 0 Å². The van der Waals surface area contributed by atoms with Crippen molar-refractivity contribution < 1.29 is 29.0 Å². The highest BCUT2D eigenvalue weighted by Gasteiger charge is 2.63. The molecule has 1 N–H and O–H groups in total. The van der Waals surface area contributed by atoms with Gasteiger partial charge in [0.25, 0.3) is 0 Å². The number of carboxylic acids is 1. The third-order valence-corrected chi connectivity index (χ3v) is 11.8. The molecular weight excluding hydrogens is 504 g/mol. The van der Waals surface area contributed by atoms with Gasteiger partial charge in [0.1, 0.15) is 6.10 Å². The summed E-state index contributed by atoms with van der Waals surface area (Å²) in [6.45, 7) is 12.0. The molecule has 0 bridgehead atoms. The number of carbonyl (C=O) groups excluding carboxylic acids is 2. The van der Waals surface area contributed by atoms with Gasteiger partial charge in [0.15, 0.2) is 6.61 Å². The van der Waals surface area contributed by atoms with Gasteiger partial charge < -0.3 is 14.6 Å². The van der Waals surface area contributed by atoms with E-state index in [2.05, 4.69) is 40.7 Å². The van der Waals surface area contributed by atoms with Crippen LogP contribution in [0.4, 0.5) is 0 Å². The molecule has 0 heterocycles. The maximum atomic E-state index is 12.4. The minimum absolute atomic E-state index is 0.00662. The summed E-state index contributed by atoms with van der Waals surface area (Å²) in [5.74, 6) is 1.14. The van der Waals surface area contributed by atoms with Gasteiger partial charge in [-0.25, -0.2) is 4.79 Å². The van der Waals surface area contributed by atoms with E-state index in [1.807, 2.05) is 0 Å². The third-order valence-electron chi connectivity index (χ3n) is 11.8. The highest BCUT2D eigenvalue weighted by molar-refractivity contribution is 5.77. The highest BCUT2D eigenvalue weighted by Crippen LogP contribution is 2.71. The van der Waals surface area contributed by atoms with E-state index in [9.17, 15) is 14.4 Å². The van der Waals surface area contributed by atoms with E-state index in [0.717, 1.165) is 43.4 Å². The number of unbranched alkanes of at least 4 members (excludes halogenated alkanes) is 1. The molecule has 0 radical (unpaired) electrons. The molecule has 0 saturated heterocycles. The number of carbonyl (C=O) groups is 3. The van der Waals surface area contributed by atoms with Crippen LogP contribution in [-0.4, -0.2) is 35.7 Å². The minimum Gasteiger partial charge on any atom is -0.481 e. The van der Waals surface area contributed by atoms with E-state index in [1.54, 1.807) is 0 Å². The molecule has 40 heavy (non-hydrogen) atoms. The first-order valence-electron chi connectivity index (χ1n) is 16.1. The summed E-state index contributed by atoms with van der Waals surface area (Å²) < 4.78 is 10.8. The average Bonchev–Trinajstić information content (AvgIpc) is 3.22. The molecule has 0 aliphatic heterocycles. The lowest BCUT2D eigenvalue weighted by atomic mass is 9.41. The number of allylic oxidation sites excluding steroid dienone is 1. The number of esters is 2. The predicted octanol–water partition coefficient (Wildman–Crippen LogP) is 7.88. The molecule has 4 aliphatic rings. The van der Waals surface area contributed by atoms with E-state index < -0.39 is 24.5 Å². The fourth-order valence-corrected chi connectivity index (χ4v) is 9.72. The van der Waals surface area contributed by atoms with Crippen molar-refractivity contribution in [1.82, 2.24) is 0 Å². The molecule has 7 atom stereocenters. The smallest absolute Gasteiger partial charge is 0.344 e. The van der Waals surface area contributed by atoms with Crippen molar-refractivity contribution in [3.8, 4) is 0 Å². The van der Waals surface area contributed by atoms with Gasteiger partial charge in [-0.3, -0.25) is 9.59 Å². The molecular formula is C34H54O6. The summed E-state index contributed by atoms with van der Waals surface area (Å²) in [5.41, 5.74) is 2.46. The second-order valence-corrected chi connectivity index (χ2v) is 14.7. The maximum absolute atomic E-state index is 12.4. The van der Waals surface area contributed by atoms with Crippen LogP contribution in [0.5, 0.6) is 0 Å². The van der Waals surface area contributed by atoms with Crippen LogP contribution in [0.25, 0.3) is 0 Å². The first kappa shape index (κ1) is 31.1. The molecule has 0 spiro atoms. The van der Waals surface area contributed by atoms with Gasteiger partial charge in [-0.1, -0.05) is 65.5 Å². The van der Waals surface area contributed by atoms with Crippen LogP contribution in [0, 0.1) is 39.9 Å². The molecule has 4 aliphatic carbocycles. The average molecular weight is 559 g/mol. The summed E-state index contributed by atoms with van der Waals surface area (Å²) in [4.78, 5) is 34.8. The Balaban J connectivity index is 1.33. The van der Waals surface area contributed by atoms with Gasteiger partial charge in [-0.15, -0.1) is 0 Å². The zero-order valence-corrected chi connectivity index (χ0v) is 25.8. The Hall–Kier alpha value is -1.85. The van der Waals surface area contributed by atoms with Crippen LogP contribution >= 0.6 is 0 Å². The fourth-order valence-electron chi connectivity index (χ4n) is 9.72. The predicted molar refractivity (Wildman–Crippen MR) is 155 cm³/mol. The summed E-state index contributed by atoms with van der Waals surface area (Å²) >= 11 is 0. The van der Waals surface area contributed by atoms with E-state index in [0.29, 0.717) is 16.7 Å². The number of rotatable bonds is 12. The van der Waals surface area contributed by atoms with Gasteiger partial charge in [-0.05, 0) is 97.7 Å². The van der Waals surface area contributed by atoms with E-state index >= 15 is 0 Å². The molecule has 6 heteroatoms. The van der Waals surface area contributed by atoms with Crippen molar-refractivity contribution in [2.24, 2.45) is 39.9 Å². The third kappa shape index (κ3) is 6.46. The second kappa shape index (κ2) is 12.6. The van der Waals surface area contributed by atoms with Crippen LogP contribution in [0.3, 0.4) is 0 Å². The molecule has 0 aromatic heterocycles. The Labute approximate surface area is 242 Å². The fraction of sp³-hybridized carbons (Fsp3) is 0.853. The first-order chi connectivity index (χ1) is 18.9. The summed E-state index contributed by atoms with van der Waals surface area (Å²) in [6.07, 6.45) is 17.2. The molecule has 4 rings (SSSR count). The van der Waals surface area contributed by atoms with Crippen molar-refractivity contribution >= 4 is 17.9 Å². The van der Waals surface area contributed by atoms with E-state index in [1.165, 1.54) is 56.9 Å². The highest BCUT2D eigenvalue weighted by atomic mass is 16.6. The molecule has 3 saturated carbocycles. The standard InChI is InChI=1S/C34H54O6/c1-23(2)9-6-7-10-24-13-14-27-32(24,3)20-17-28-33(4)19-16-26(21-25(33)15-18-34(27,28)5)40-31(38)22-39-30(37)12-8-11-29(35)36/h15,23-24,26-28H,6-14,16-22H2,1-5H3,(H,35,36). The zero-order chi connectivity index (χ0) is 29.1. The monoisotopic (exact) mass is 558 g/mol. The van der Waals surface area contributed by atoms with Crippen LogP contribution in [0.15, 0.2) is 11.6 Å². The number of aliphatic carboxylic acids is 1. The Morgan fingerprint density at radius 3 is 2.42 bits per heavy atom. The quantitative estimate of drug-likeness (QED) is 0.149. The van der Waals surface area contributed by atoms with Crippen molar-refractivity contribution in [2.45, 2.75) is 137 Å². The summed E-state index contributed by atoms with van der Waals surface area (Å²) in [7, 11) is 0. The molecule has 226 valence electrons. The normalized spacial score (nSPS) is 36.7. The van der Waals surface area contributed by atoms with Crippen molar-refractivity contribution in [1.29, 1.82) is 0 Å². The number of hydrogen-bond donors (Lipinski definition) is 1. The van der Waals surface area contributed by atoms with Crippen molar-refractivity contribution in [2.75, 3.05) is 6.61 Å². The number of carboxylic acid groups (broad SMARTS) is 1. The van der Waals surface area contributed by atoms with Crippen LogP contribution in [0.1, 0.15) is 131 Å². The van der Waals surface area contributed by atoms with Crippen molar-refractivity contribution in [3.05, 3.63) is 11.6 Å². The zero-order valence-electron chi connectivity index (χ0n) is 25.8. The largest absolute Gasteiger partial charge is 0.481 e. The Morgan fingerprint density at radius 1 is 0.925 bits per heavy atom. The van der Waals surface area contributed by atoms with Gasteiger partial charge in [0, 0.05) is 19.3 Å². The lowest BCUT2D eigenvalue weighted by Gasteiger charge is -2.63. The van der Waals surface area contributed by atoms with Crippen LogP contribution in [0.2, 0.25) is 0 Å². The molecule has 0 aromatic carbocycles. The van der Waals surface area contributed by atoms with Crippen LogP contribution < -0.4 is 0 Å².